The van der Waals surface area contributed by atoms with Crippen LogP contribution in [0.4, 0.5) is 5.82 Å². The van der Waals surface area contributed by atoms with Crippen LogP contribution in [0.25, 0.3) is 22.1 Å². The molecular formula is C25H23ClN6O2. The van der Waals surface area contributed by atoms with Crippen LogP contribution in [-0.2, 0) is 6.42 Å². The molecule has 0 aliphatic carbocycles. The monoisotopic (exact) mass is 474 g/mol. The fraction of sp³-hybridized carbons (Fsp3) is 0.120. The summed E-state index contributed by atoms with van der Waals surface area (Å²) in [6, 6.07) is 19.0. The summed E-state index contributed by atoms with van der Waals surface area (Å²) in [6.45, 7) is 3.89. The van der Waals surface area contributed by atoms with E-state index >= 15 is 0 Å². The molecule has 3 aromatic heterocycles. The van der Waals surface area contributed by atoms with Crippen LogP contribution in [0, 0.1) is 6.92 Å². The number of carbonyl (C=O) groups is 1. The smallest absolute Gasteiger partial charge is 0.264 e. The van der Waals surface area contributed by atoms with Crippen molar-refractivity contribution in [3.05, 3.63) is 99.2 Å². The number of hydrogen-bond donors (Lipinski definition) is 2. The summed E-state index contributed by atoms with van der Waals surface area (Å²) >= 11 is 6.20. The minimum Gasteiger partial charge on any atom is -0.381 e. The van der Waals surface area contributed by atoms with E-state index in [1.54, 1.807) is 22.9 Å². The Morgan fingerprint density at radius 1 is 1.09 bits per heavy atom. The number of anilines is 1. The standard InChI is InChI=1S/C17H14ClNO.C8H9N5O/c1-2-13-11-12-7-6-10-15(18)16(12)17(20)19(13)14-8-4-3-5-9-14;1-4-2-3-11-8-5(7(10)14)6(9)12-13(4)8/h3-11H,2H2,1H3;2-3H,1H3,(H2,9,12)(H2,10,14). The zero-order valence-electron chi connectivity index (χ0n) is 18.7. The zero-order chi connectivity index (χ0) is 24.4. The second-order valence-corrected chi connectivity index (χ2v) is 8.02. The number of aromatic nitrogens is 4. The average molecular weight is 475 g/mol. The van der Waals surface area contributed by atoms with E-state index < -0.39 is 5.91 Å². The van der Waals surface area contributed by atoms with Gasteiger partial charge in [-0.1, -0.05) is 48.9 Å². The van der Waals surface area contributed by atoms with Crippen molar-refractivity contribution >= 4 is 39.7 Å². The van der Waals surface area contributed by atoms with Crippen molar-refractivity contribution in [3.63, 3.8) is 0 Å². The van der Waals surface area contributed by atoms with Crippen LogP contribution < -0.4 is 17.0 Å². The number of nitrogen functional groups attached to an aromatic ring is 1. The van der Waals surface area contributed by atoms with Gasteiger partial charge in [0.05, 0.1) is 10.4 Å². The van der Waals surface area contributed by atoms with E-state index in [9.17, 15) is 9.59 Å². The van der Waals surface area contributed by atoms with Gasteiger partial charge in [0.1, 0.15) is 5.56 Å². The van der Waals surface area contributed by atoms with E-state index in [0.717, 1.165) is 28.9 Å². The van der Waals surface area contributed by atoms with E-state index in [1.807, 2.05) is 62.4 Å². The van der Waals surface area contributed by atoms with Gasteiger partial charge in [0.25, 0.3) is 11.5 Å². The van der Waals surface area contributed by atoms with Gasteiger partial charge in [0.15, 0.2) is 11.5 Å². The van der Waals surface area contributed by atoms with E-state index in [2.05, 4.69) is 10.1 Å². The Hall–Kier alpha value is -4.17. The molecule has 172 valence electrons. The normalized spacial score (nSPS) is 10.8. The fourth-order valence-corrected chi connectivity index (χ4v) is 4.07. The van der Waals surface area contributed by atoms with Gasteiger partial charge in [-0.15, -0.1) is 5.10 Å². The highest BCUT2D eigenvalue weighted by atomic mass is 35.5. The first-order valence-electron chi connectivity index (χ1n) is 10.6. The van der Waals surface area contributed by atoms with Gasteiger partial charge in [-0.3, -0.25) is 14.2 Å². The van der Waals surface area contributed by atoms with Crippen molar-refractivity contribution in [3.8, 4) is 5.69 Å². The summed E-state index contributed by atoms with van der Waals surface area (Å²) < 4.78 is 3.24. The minimum absolute atomic E-state index is 0.0591. The quantitative estimate of drug-likeness (QED) is 0.410. The molecule has 0 fully saturated rings. The highest BCUT2D eigenvalue weighted by Gasteiger charge is 2.16. The maximum absolute atomic E-state index is 12.8. The maximum atomic E-state index is 12.8. The lowest BCUT2D eigenvalue weighted by atomic mass is 10.1. The third-order valence-corrected chi connectivity index (χ3v) is 5.74. The summed E-state index contributed by atoms with van der Waals surface area (Å²) in [4.78, 5) is 27.9. The lowest BCUT2D eigenvalue weighted by Crippen LogP contribution is -2.22. The van der Waals surface area contributed by atoms with Crippen LogP contribution in [0.5, 0.6) is 0 Å². The Morgan fingerprint density at radius 2 is 1.82 bits per heavy atom. The fourth-order valence-electron chi connectivity index (χ4n) is 3.81. The van der Waals surface area contributed by atoms with Crippen molar-refractivity contribution in [2.75, 3.05) is 5.73 Å². The Labute approximate surface area is 200 Å². The number of primary amides is 1. The molecule has 0 aliphatic heterocycles. The Kier molecular flexibility index (Phi) is 6.34. The van der Waals surface area contributed by atoms with Crippen LogP contribution >= 0.6 is 11.6 Å². The zero-order valence-corrected chi connectivity index (χ0v) is 19.5. The van der Waals surface area contributed by atoms with Gasteiger partial charge in [0.2, 0.25) is 0 Å². The SMILES string of the molecule is CCc1cc2cccc(Cl)c2c(=O)n1-c1ccccc1.Cc1ccnc2c(C(N)=O)c(N)nn12. The van der Waals surface area contributed by atoms with Gasteiger partial charge < -0.3 is 11.5 Å². The molecule has 0 bridgehead atoms. The molecule has 5 rings (SSSR count). The summed E-state index contributed by atoms with van der Waals surface area (Å²) in [6.07, 6.45) is 2.37. The molecule has 2 aromatic carbocycles. The number of para-hydroxylation sites is 1. The topological polar surface area (TPSA) is 121 Å². The Balaban J connectivity index is 0.000000172. The molecule has 9 heteroatoms. The van der Waals surface area contributed by atoms with Crippen molar-refractivity contribution in [1.82, 2.24) is 19.2 Å². The minimum atomic E-state index is -0.615. The number of hydrogen-bond acceptors (Lipinski definition) is 5. The van der Waals surface area contributed by atoms with Crippen molar-refractivity contribution in [2.45, 2.75) is 20.3 Å². The van der Waals surface area contributed by atoms with Gasteiger partial charge in [-0.25, -0.2) is 9.50 Å². The number of pyridine rings is 1. The third-order valence-electron chi connectivity index (χ3n) is 5.43. The highest BCUT2D eigenvalue weighted by molar-refractivity contribution is 6.35. The van der Waals surface area contributed by atoms with Crippen LogP contribution in [0.2, 0.25) is 5.02 Å². The van der Waals surface area contributed by atoms with Crippen molar-refractivity contribution < 1.29 is 4.79 Å². The van der Waals surface area contributed by atoms with Crippen molar-refractivity contribution in [1.29, 1.82) is 0 Å². The molecule has 0 saturated heterocycles. The molecule has 1 amide bonds. The number of rotatable bonds is 3. The van der Waals surface area contributed by atoms with Gasteiger partial charge in [-0.05, 0) is 49.1 Å². The molecule has 4 N–H and O–H groups in total. The Morgan fingerprint density at radius 3 is 2.50 bits per heavy atom. The molecule has 34 heavy (non-hydrogen) atoms. The predicted octanol–water partition coefficient (Wildman–Crippen LogP) is 3.93. The first-order chi connectivity index (χ1) is 16.3. The molecule has 0 aliphatic rings. The second-order valence-electron chi connectivity index (χ2n) is 7.62. The van der Waals surface area contributed by atoms with Crippen LogP contribution in [-0.4, -0.2) is 25.1 Å². The lowest BCUT2D eigenvalue weighted by molar-refractivity contribution is 0.100. The van der Waals surface area contributed by atoms with E-state index in [4.69, 9.17) is 23.1 Å². The molecular weight excluding hydrogens is 452 g/mol. The van der Waals surface area contributed by atoms with Gasteiger partial charge in [0, 0.05) is 23.3 Å². The largest absolute Gasteiger partial charge is 0.381 e. The molecule has 8 nitrogen and oxygen atoms in total. The molecule has 0 radical (unpaired) electrons. The number of halogens is 1. The second kappa shape index (κ2) is 9.36. The van der Waals surface area contributed by atoms with Gasteiger partial charge >= 0.3 is 0 Å². The highest BCUT2D eigenvalue weighted by Crippen LogP contribution is 2.22. The summed E-state index contributed by atoms with van der Waals surface area (Å²) in [5.74, 6) is -0.505. The number of amides is 1. The first-order valence-corrected chi connectivity index (χ1v) is 11.0. The van der Waals surface area contributed by atoms with E-state index in [0.29, 0.717) is 16.1 Å². The number of nitrogens with zero attached hydrogens (tertiary/aromatic N) is 4. The van der Waals surface area contributed by atoms with Crippen LogP contribution in [0.1, 0.15) is 28.7 Å². The number of aryl methyl sites for hydroxylation is 2. The Bertz CT molecular complexity index is 1570. The molecule has 0 atom stereocenters. The summed E-state index contributed by atoms with van der Waals surface area (Å²) in [5, 5.41) is 5.94. The number of carbonyl (C=O) groups excluding carboxylic acids is 1. The molecule has 5 aromatic rings. The summed E-state index contributed by atoms with van der Waals surface area (Å²) in [7, 11) is 0. The predicted molar refractivity (Wildman–Crippen MR) is 135 cm³/mol. The summed E-state index contributed by atoms with van der Waals surface area (Å²) in [5.41, 5.74) is 13.9. The van der Waals surface area contributed by atoms with E-state index in [1.165, 1.54) is 4.52 Å². The van der Waals surface area contributed by atoms with Crippen LogP contribution in [0.15, 0.2) is 71.7 Å². The van der Waals surface area contributed by atoms with E-state index in [-0.39, 0.29) is 16.9 Å². The number of nitrogens with two attached hydrogens (primary N) is 2. The number of benzene rings is 2. The molecule has 0 spiro atoms. The molecule has 0 saturated carbocycles. The first kappa shape index (κ1) is 23.0. The third kappa shape index (κ3) is 4.11. The van der Waals surface area contributed by atoms with Crippen LogP contribution in [0.3, 0.4) is 0 Å². The maximum Gasteiger partial charge on any atom is 0.264 e. The molecule has 0 unspecified atom stereocenters. The number of fused-ring (bicyclic) bond motifs is 2. The van der Waals surface area contributed by atoms with Crippen molar-refractivity contribution in [2.24, 2.45) is 5.73 Å². The lowest BCUT2D eigenvalue weighted by Gasteiger charge is -2.14. The van der Waals surface area contributed by atoms with Gasteiger partial charge in [-0.2, -0.15) is 0 Å². The molecule has 3 heterocycles. The average Bonchev–Trinajstić information content (AvgIpc) is 3.17.